The Kier molecular flexibility index (Phi) is 11.4. The molecule has 0 saturated heterocycles. The topological polar surface area (TPSA) is 140 Å². The molecule has 0 aromatic heterocycles. The van der Waals surface area contributed by atoms with Gasteiger partial charge >= 0.3 is 0 Å². The van der Waals surface area contributed by atoms with Crippen LogP contribution in [0.5, 0.6) is 0 Å². The molecule has 8 saturated carbocycles. The predicted molar refractivity (Wildman–Crippen MR) is 203 cm³/mol. The minimum atomic E-state index is -0.404. The van der Waals surface area contributed by atoms with Crippen molar-refractivity contribution in [2.75, 3.05) is 13.2 Å². The number of ether oxygens (including phenoxy) is 2. The number of fused-ring (bicyclic) bond motifs is 10. The average molecular weight is 740 g/mol. The van der Waals surface area contributed by atoms with Crippen molar-refractivity contribution in [3.05, 3.63) is 0 Å². The second-order valence-corrected chi connectivity index (χ2v) is 20.7. The number of nitrogens with zero attached hydrogens (tertiary/aromatic N) is 1. The third-order valence-electron chi connectivity index (χ3n) is 18.1. The van der Waals surface area contributed by atoms with Crippen LogP contribution in [0.4, 0.5) is 0 Å². The average Bonchev–Trinajstić information content (AvgIpc) is 3.60. The Labute approximate surface area is 320 Å². The Bertz CT molecular complexity index is 1370. The Morgan fingerprint density at radius 2 is 1.15 bits per heavy atom. The third kappa shape index (κ3) is 6.50. The molecule has 0 aromatic carbocycles. The molecule has 0 radical (unpaired) electrons. The first-order valence-electron chi connectivity index (χ1n) is 22.0. The molecule has 0 aliphatic heterocycles. The van der Waals surface area contributed by atoms with Crippen LogP contribution in [0, 0.1) is 86.3 Å². The van der Waals surface area contributed by atoms with Crippen LogP contribution in [-0.4, -0.2) is 76.0 Å². The van der Waals surface area contributed by atoms with Crippen molar-refractivity contribution in [3.8, 4) is 6.07 Å². The van der Waals surface area contributed by atoms with Crippen LogP contribution in [-0.2, 0) is 14.3 Å². The van der Waals surface area contributed by atoms with Crippen LogP contribution in [0.1, 0.15) is 144 Å². The summed E-state index contributed by atoms with van der Waals surface area (Å²) in [5, 5.41) is 53.5. The van der Waals surface area contributed by atoms with Crippen LogP contribution >= 0.6 is 0 Å². The van der Waals surface area contributed by atoms with Crippen LogP contribution in [0.25, 0.3) is 0 Å². The number of Topliss-reactive ketones (excluding diaryl/α,β-unsaturated/α-hetero) is 1. The van der Waals surface area contributed by atoms with Crippen LogP contribution in [0.3, 0.4) is 0 Å². The zero-order valence-electron chi connectivity index (χ0n) is 33.8. The number of hydrogen-bond donors (Lipinski definition) is 4. The second kappa shape index (κ2) is 15.0. The van der Waals surface area contributed by atoms with Crippen molar-refractivity contribution in [1.82, 2.24) is 0 Å². The molecule has 0 amide bonds. The molecule has 53 heavy (non-hydrogen) atoms. The molecule has 8 aliphatic carbocycles. The normalized spacial score (nSPS) is 54.1. The Balaban J connectivity index is 0.000000164. The number of carbonyl (C=O) groups excluding carboxylic acids is 1. The summed E-state index contributed by atoms with van der Waals surface area (Å²) in [7, 11) is 0. The number of aliphatic hydroxyl groups is 4. The van der Waals surface area contributed by atoms with Gasteiger partial charge in [-0.25, -0.2) is 0 Å². The van der Waals surface area contributed by atoms with E-state index in [1.54, 1.807) is 0 Å². The quantitative estimate of drug-likeness (QED) is 0.224. The van der Waals surface area contributed by atoms with E-state index < -0.39 is 6.10 Å². The van der Waals surface area contributed by atoms with Crippen LogP contribution in [0.15, 0.2) is 0 Å². The zero-order chi connectivity index (χ0) is 38.1. The first kappa shape index (κ1) is 40.1. The van der Waals surface area contributed by atoms with E-state index in [-0.39, 0.29) is 69.9 Å². The fourth-order valence-electron chi connectivity index (χ4n) is 15.6. The summed E-state index contributed by atoms with van der Waals surface area (Å²) in [5.74, 6) is 3.88. The Morgan fingerprint density at radius 1 is 0.642 bits per heavy atom. The van der Waals surface area contributed by atoms with Gasteiger partial charge in [-0.15, -0.1) is 0 Å². The lowest BCUT2D eigenvalue weighted by Crippen LogP contribution is -2.61. The summed E-state index contributed by atoms with van der Waals surface area (Å²) in [6.45, 7) is 14.7. The van der Waals surface area contributed by atoms with E-state index >= 15 is 0 Å². The van der Waals surface area contributed by atoms with E-state index in [9.17, 15) is 30.5 Å². The maximum absolute atomic E-state index is 12.6. The van der Waals surface area contributed by atoms with E-state index in [1.165, 1.54) is 0 Å². The molecule has 0 unspecified atom stereocenters. The van der Waals surface area contributed by atoms with Crippen LogP contribution < -0.4 is 0 Å². The van der Waals surface area contributed by atoms with Crippen molar-refractivity contribution in [2.45, 2.75) is 181 Å². The fraction of sp³-hybridized carbons (Fsp3) is 0.956. The number of carbonyl (C=O) groups is 1. The fourth-order valence-corrected chi connectivity index (χ4v) is 15.6. The molecule has 8 nitrogen and oxygen atoms in total. The maximum atomic E-state index is 12.6. The highest BCUT2D eigenvalue weighted by molar-refractivity contribution is 5.87. The van der Waals surface area contributed by atoms with Gasteiger partial charge in [0, 0.05) is 25.0 Å². The molecule has 4 N–H and O–H groups in total. The van der Waals surface area contributed by atoms with Crippen molar-refractivity contribution < 1.29 is 34.7 Å². The van der Waals surface area contributed by atoms with Gasteiger partial charge in [0.1, 0.15) is 5.78 Å². The van der Waals surface area contributed by atoms with E-state index in [0.717, 1.165) is 89.9 Å². The maximum Gasteiger partial charge on any atom is 0.139 e. The highest BCUT2D eigenvalue weighted by atomic mass is 16.5. The lowest BCUT2D eigenvalue weighted by molar-refractivity contribution is -0.201. The molecular formula is C45H73NO7. The molecule has 0 heterocycles. The number of hydrogen-bond acceptors (Lipinski definition) is 8. The van der Waals surface area contributed by atoms with Crippen molar-refractivity contribution >= 4 is 5.78 Å². The van der Waals surface area contributed by atoms with Gasteiger partial charge in [-0.2, -0.15) is 5.26 Å². The SMILES string of the molecule is CCCO[C@H]1C[C@@]2(C)[C@@H](CC[C@@H]3[C@@H]2[C@@H](O)C[C@]2(C)C(=O)CC[C@@H]32)C[C@@H]1O.CCCO[C@H]1C[C@@]2(C)[C@@H](CC[C@@H]3[C@@H]2[C@@H](O)C[C@]2(C)[C@@H](C#N)CC[C@@H]32)C[C@@H]1O. The molecule has 0 aromatic rings. The highest BCUT2D eigenvalue weighted by Crippen LogP contribution is 2.68. The third-order valence-corrected chi connectivity index (χ3v) is 18.1. The molecule has 8 aliphatic rings. The predicted octanol–water partition coefficient (Wildman–Crippen LogP) is 7.24. The second-order valence-electron chi connectivity index (χ2n) is 20.7. The molecule has 0 spiro atoms. The summed E-state index contributed by atoms with van der Waals surface area (Å²) in [5.41, 5.74) is -0.292. The summed E-state index contributed by atoms with van der Waals surface area (Å²) in [4.78, 5) is 12.6. The molecule has 19 atom stereocenters. The monoisotopic (exact) mass is 740 g/mol. The molecule has 0 bridgehead atoms. The van der Waals surface area contributed by atoms with Gasteiger partial charge in [0.25, 0.3) is 0 Å². The lowest BCUT2D eigenvalue weighted by Gasteiger charge is -2.62. The Morgan fingerprint density at radius 3 is 1.66 bits per heavy atom. The van der Waals surface area contributed by atoms with Gasteiger partial charge in [0.15, 0.2) is 0 Å². The summed E-state index contributed by atoms with van der Waals surface area (Å²) < 4.78 is 12.1. The number of ketones is 1. The van der Waals surface area contributed by atoms with Gasteiger partial charge in [-0.1, -0.05) is 41.5 Å². The number of rotatable bonds is 6. The van der Waals surface area contributed by atoms with Crippen molar-refractivity contribution in [1.29, 1.82) is 5.26 Å². The van der Waals surface area contributed by atoms with E-state index in [4.69, 9.17) is 9.47 Å². The molecule has 8 fully saturated rings. The van der Waals surface area contributed by atoms with Gasteiger partial charge in [-0.05, 0) is 160 Å². The summed E-state index contributed by atoms with van der Waals surface area (Å²) >= 11 is 0. The Hall–Kier alpha value is -1.08. The smallest absolute Gasteiger partial charge is 0.139 e. The van der Waals surface area contributed by atoms with E-state index in [0.29, 0.717) is 67.3 Å². The van der Waals surface area contributed by atoms with E-state index in [1.807, 2.05) is 0 Å². The number of nitriles is 1. The van der Waals surface area contributed by atoms with Crippen LogP contribution in [0.2, 0.25) is 0 Å². The van der Waals surface area contributed by atoms with Gasteiger partial charge < -0.3 is 29.9 Å². The molecular weight excluding hydrogens is 666 g/mol. The molecule has 8 rings (SSSR count). The summed E-state index contributed by atoms with van der Waals surface area (Å²) in [6, 6.07) is 2.56. The van der Waals surface area contributed by atoms with Gasteiger partial charge in [-0.3, -0.25) is 4.79 Å². The first-order chi connectivity index (χ1) is 25.2. The minimum Gasteiger partial charge on any atom is -0.393 e. The van der Waals surface area contributed by atoms with E-state index in [2.05, 4.69) is 47.6 Å². The summed E-state index contributed by atoms with van der Waals surface area (Å²) in [6.07, 6.45) is 13.3. The lowest BCUT2D eigenvalue weighted by atomic mass is 9.43. The van der Waals surface area contributed by atoms with Crippen molar-refractivity contribution in [3.63, 3.8) is 0 Å². The first-order valence-corrected chi connectivity index (χ1v) is 22.0. The minimum absolute atomic E-state index is 0.00688. The zero-order valence-corrected chi connectivity index (χ0v) is 33.8. The standard InChI is InChI=1S/C23H37NO3.C22H36O4/c1-4-9-27-20-12-23(3)14(10-18(20)25)5-7-16-17-8-6-15(13-24)22(17,2)11-19(26)21(16)23;1-4-9-26-18-12-21(2)13(10-16(18)23)5-6-14-15-7-8-19(25)22(15,3)11-17(24)20(14)21/h14-21,25-26H,4-12H2,1-3H3;13-18,20,23-24H,4-12H2,1-3H3/t14-,15+,16-,17-,18-,19-,20-,21+,22+,23-;13-,14-,15-,16-,17-,18-,20+,21-,22-/m00/s1. The molecule has 8 heteroatoms. The van der Waals surface area contributed by atoms with Gasteiger partial charge in [0.2, 0.25) is 0 Å². The highest BCUT2D eigenvalue weighted by Gasteiger charge is 2.66. The number of aliphatic hydroxyl groups excluding tert-OH is 4. The molecule has 300 valence electrons. The largest absolute Gasteiger partial charge is 0.393 e. The van der Waals surface area contributed by atoms with Crippen molar-refractivity contribution in [2.24, 2.45) is 74.9 Å². The van der Waals surface area contributed by atoms with Gasteiger partial charge in [0.05, 0.1) is 48.6 Å².